The highest BCUT2D eigenvalue weighted by Gasteiger charge is 2.30. The third-order valence-electron chi connectivity index (χ3n) is 7.60. The molecule has 0 saturated carbocycles. The SMILES string of the molecule is C[C@@H](O)C1NC(=O)c2coc(n2)[C@H](Cc2ccccc2)NC(=O)[C@@H](NC(=O)CCc2nc3ccccc3[nH]2)CCCCNC1=O. The Morgan fingerprint density at radius 3 is 2.58 bits per heavy atom. The van der Waals surface area contributed by atoms with E-state index in [-0.39, 0.29) is 30.5 Å². The molecule has 4 aromatic rings. The maximum atomic E-state index is 13.7. The largest absolute Gasteiger partial charge is 0.446 e. The van der Waals surface area contributed by atoms with Gasteiger partial charge in [0.15, 0.2) is 5.69 Å². The Morgan fingerprint density at radius 1 is 1.02 bits per heavy atom. The second kappa shape index (κ2) is 14.6. The average Bonchev–Trinajstić information content (AvgIpc) is 3.69. The van der Waals surface area contributed by atoms with E-state index in [4.69, 9.17) is 4.42 Å². The third-order valence-corrected chi connectivity index (χ3v) is 7.60. The van der Waals surface area contributed by atoms with Crippen LogP contribution in [0.3, 0.4) is 0 Å². The number of carbonyl (C=O) groups excluding carboxylic acids is 4. The highest BCUT2D eigenvalue weighted by Crippen LogP contribution is 2.20. The van der Waals surface area contributed by atoms with Crippen molar-refractivity contribution in [3.63, 3.8) is 0 Å². The fraction of sp³-hybridized carbons (Fsp3) is 0.375. The molecule has 3 heterocycles. The summed E-state index contributed by atoms with van der Waals surface area (Å²) < 4.78 is 5.65. The van der Waals surface area contributed by atoms with Crippen LogP contribution < -0.4 is 21.3 Å². The molecule has 45 heavy (non-hydrogen) atoms. The maximum absolute atomic E-state index is 13.7. The number of fused-ring (bicyclic) bond motifs is 3. The molecule has 4 amide bonds. The van der Waals surface area contributed by atoms with Gasteiger partial charge in [-0.2, -0.15) is 0 Å². The van der Waals surface area contributed by atoms with Gasteiger partial charge < -0.3 is 35.8 Å². The van der Waals surface area contributed by atoms with Gasteiger partial charge in [0.25, 0.3) is 5.91 Å². The molecule has 0 fully saturated rings. The van der Waals surface area contributed by atoms with E-state index in [1.165, 1.54) is 6.92 Å². The van der Waals surface area contributed by atoms with E-state index in [2.05, 4.69) is 36.2 Å². The third kappa shape index (κ3) is 8.32. The average molecular weight is 616 g/mol. The molecule has 2 aromatic heterocycles. The molecule has 2 aromatic carbocycles. The van der Waals surface area contributed by atoms with Crippen molar-refractivity contribution in [2.75, 3.05) is 6.54 Å². The van der Waals surface area contributed by atoms with Gasteiger partial charge in [0.2, 0.25) is 23.6 Å². The number of carbonyl (C=O) groups is 4. The van der Waals surface area contributed by atoms with Crippen LogP contribution in [0.4, 0.5) is 0 Å². The number of oxazole rings is 1. The monoisotopic (exact) mass is 615 g/mol. The number of para-hydroxylation sites is 2. The quantitative estimate of drug-likeness (QED) is 0.181. The van der Waals surface area contributed by atoms with Crippen molar-refractivity contribution in [1.82, 2.24) is 36.2 Å². The number of aliphatic hydroxyl groups is 1. The zero-order valence-electron chi connectivity index (χ0n) is 24.9. The van der Waals surface area contributed by atoms with Gasteiger partial charge in [0.05, 0.1) is 17.1 Å². The summed E-state index contributed by atoms with van der Waals surface area (Å²) in [6.07, 6.45) is 2.07. The topological polar surface area (TPSA) is 191 Å². The van der Waals surface area contributed by atoms with E-state index in [1.807, 2.05) is 54.6 Å². The van der Waals surface area contributed by atoms with Crippen LogP contribution in [-0.2, 0) is 27.2 Å². The normalized spacial score (nSPS) is 20.6. The number of aliphatic hydroxyl groups excluding tert-OH is 1. The molecule has 0 spiro atoms. The number of H-pyrrole nitrogens is 1. The Balaban J connectivity index is 1.35. The van der Waals surface area contributed by atoms with Gasteiger partial charge in [-0.25, -0.2) is 9.97 Å². The lowest BCUT2D eigenvalue weighted by Crippen LogP contribution is -2.52. The van der Waals surface area contributed by atoms with Gasteiger partial charge in [-0.05, 0) is 43.9 Å². The number of aryl methyl sites for hydroxylation is 1. The summed E-state index contributed by atoms with van der Waals surface area (Å²) in [5.74, 6) is -1.25. The van der Waals surface area contributed by atoms with Gasteiger partial charge in [-0.1, -0.05) is 42.5 Å². The van der Waals surface area contributed by atoms with E-state index < -0.39 is 42.0 Å². The lowest BCUT2D eigenvalue weighted by atomic mass is 10.0. The summed E-state index contributed by atoms with van der Waals surface area (Å²) in [4.78, 5) is 64.5. The van der Waals surface area contributed by atoms with Gasteiger partial charge in [-0.15, -0.1) is 0 Å². The predicted octanol–water partition coefficient (Wildman–Crippen LogP) is 1.85. The summed E-state index contributed by atoms with van der Waals surface area (Å²) in [7, 11) is 0. The minimum atomic E-state index is -1.20. The number of amides is 4. The first kappa shape index (κ1) is 31.4. The van der Waals surface area contributed by atoms with Gasteiger partial charge in [0, 0.05) is 25.8 Å². The number of aromatic amines is 1. The Bertz CT molecular complexity index is 1600. The van der Waals surface area contributed by atoms with Gasteiger partial charge in [0.1, 0.15) is 30.2 Å². The van der Waals surface area contributed by atoms with Crippen molar-refractivity contribution >= 4 is 34.7 Å². The van der Waals surface area contributed by atoms with Crippen LogP contribution in [0.15, 0.2) is 65.3 Å². The van der Waals surface area contributed by atoms with Crippen molar-refractivity contribution in [3.8, 4) is 0 Å². The molecular weight excluding hydrogens is 578 g/mol. The van der Waals surface area contributed by atoms with Crippen LogP contribution in [0.2, 0.25) is 0 Å². The van der Waals surface area contributed by atoms with Crippen LogP contribution in [0.5, 0.6) is 0 Å². The number of rotatable bonds is 7. The minimum Gasteiger partial charge on any atom is -0.446 e. The molecule has 1 aliphatic rings. The first-order valence-electron chi connectivity index (χ1n) is 15.1. The molecule has 0 radical (unpaired) electrons. The van der Waals surface area contributed by atoms with Crippen LogP contribution in [0.1, 0.15) is 66.4 Å². The zero-order valence-corrected chi connectivity index (χ0v) is 24.9. The molecule has 2 bridgehead atoms. The molecule has 0 saturated heterocycles. The molecule has 1 aliphatic heterocycles. The van der Waals surface area contributed by atoms with E-state index in [0.717, 1.165) is 22.9 Å². The molecule has 5 rings (SSSR count). The van der Waals surface area contributed by atoms with Crippen molar-refractivity contribution in [1.29, 1.82) is 0 Å². The summed E-state index contributed by atoms with van der Waals surface area (Å²) in [6, 6.07) is 14.2. The maximum Gasteiger partial charge on any atom is 0.273 e. The smallest absolute Gasteiger partial charge is 0.273 e. The molecule has 6 N–H and O–H groups in total. The Labute approximate surface area is 259 Å². The highest BCUT2D eigenvalue weighted by molar-refractivity contribution is 5.96. The standard InChI is InChI=1S/C32H37N7O6/c1-19(40)28-31(44)33-16-8-7-13-23(36-27(41)15-14-26-34-21-11-5-6-12-22(21)35-26)29(42)37-24(17-20-9-3-2-4-10-20)32-38-25(18-45-32)30(43)39-28/h2-6,9-12,18-19,23-24,28,40H,7-8,13-17H2,1H3,(H,33,44)(H,34,35)(H,36,41)(H,37,42)(H,39,43)/t19-,23+,24+,28?/m1/s1. The predicted molar refractivity (Wildman–Crippen MR) is 164 cm³/mol. The van der Waals surface area contributed by atoms with Crippen molar-refractivity contribution < 1.29 is 28.7 Å². The van der Waals surface area contributed by atoms with Crippen molar-refractivity contribution in [3.05, 3.63) is 83.8 Å². The van der Waals surface area contributed by atoms with Crippen LogP contribution >= 0.6 is 0 Å². The Hall–Kier alpha value is -5.04. The van der Waals surface area contributed by atoms with Gasteiger partial charge >= 0.3 is 0 Å². The molecule has 1 unspecified atom stereocenters. The van der Waals surface area contributed by atoms with Crippen LogP contribution in [-0.4, -0.2) is 68.4 Å². The zero-order chi connectivity index (χ0) is 31.8. The van der Waals surface area contributed by atoms with Crippen molar-refractivity contribution in [2.45, 2.75) is 69.7 Å². The summed E-state index contributed by atoms with van der Waals surface area (Å²) in [6.45, 7) is 1.65. The molecule has 13 nitrogen and oxygen atoms in total. The molecule has 236 valence electrons. The van der Waals surface area contributed by atoms with E-state index in [1.54, 1.807) is 0 Å². The van der Waals surface area contributed by atoms with E-state index in [9.17, 15) is 24.3 Å². The minimum absolute atomic E-state index is 0.0810. The fourth-order valence-corrected chi connectivity index (χ4v) is 5.18. The molecular formula is C32H37N7O6. The van der Waals surface area contributed by atoms with Gasteiger partial charge in [-0.3, -0.25) is 19.2 Å². The first-order valence-corrected chi connectivity index (χ1v) is 15.1. The number of nitrogens with zero attached hydrogens (tertiary/aromatic N) is 2. The van der Waals surface area contributed by atoms with E-state index in [0.29, 0.717) is 37.9 Å². The molecule has 13 heteroatoms. The summed E-state index contributed by atoms with van der Waals surface area (Å²) in [5.41, 5.74) is 2.47. The highest BCUT2D eigenvalue weighted by atomic mass is 16.3. The number of aromatic nitrogens is 3. The number of hydrogen-bond acceptors (Lipinski definition) is 8. The number of imidazole rings is 1. The van der Waals surface area contributed by atoms with Crippen LogP contribution in [0, 0.1) is 0 Å². The summed E-state index contributed by atoms with van der Waals surface area (Å²) >= 11 is 0. The Kier molecular flexibility index (Phi) is 10.2. The molecule has 0 aliphatic carbocycles. The number of nitrogens with one attached hydrogen (secondary N) is 5. The second-order valence-electron chi connectivity index (χ2n) is 11.1. The fourth-order valence-electron chi connectivity index (χ4n) is 5.18. The summed E-state index contributed by atoms with van der Waals surface area (Å²) in [5, 5.41) is 21.2. The molecule has 4 atom stereocenters. The first-order chi connectivity index (χ1) is 21.8. The lowest BCUT2D eigenvalue weighted by molar-refractivity contribution is -0.129. The number of hydrogen-bond donors (Lipinski definition) is 6. The Morgan fingerprint density at radius 2 is 1.80 bits per heavy atom. The number of benzene rings is 2. The van der Waals surface area contributed by atoms with Crippen LogP contribution in [0.25, 0.3) is 11.0 Å². The second-order valence-corrected chi connectivity index (χ2v) is 11.1. The van der Waals surface area contributed by atoms with Crippen molar-refractivity contribution in [2.24, 2.45) is 0 Å². The lowest BCUT2D eigenvalue weighted by Gasteiger charge is -2.23. The van der Waals surface area contributed by atoms with E-state index >= 15 is 0 Å².